The molecule has 2 heterocycles. The second-order valence-electron chi connectivity index (χ2n) is 7.88. The number of nitrogens with one attached hydrogen (secondary N) is 2. The number of methoxy groups -OCH3 is 1. The molecule has 2 aromatic heterocycles. The molecule has 1 aliphatic rings. The van der Waals surface area contributed by atoms with Gasteiger partial charge in [0.1, 0.15) is 11.7 Å². The Morgan fingerprint density at radius 2 is 2.13 bits per heavy atom. The van der Waals surface area contributed by atoms with Crippen LogP contribution in [-0.4, -0.2) is 46.4 Å². The normalized spacial score (nSPS) is 19.4. The Morgan fingerprint density at radius 1 is 1.33 bits per heavy atom. The van der Waals surface area contributed by atoms with Crippen LogP contribution in [0.1, 0.15) is 61.5 Å². The molecule has 0 radical (unpaired) electrons. The van der Waals surface area contributed by atoms with Gasteiger partial charge in [-0.3, -0.25) is 14.4 Å². The molecule has 0 spiro atoms. The van der Waals surface area contributed by atoms with Crippen LogP contribution in [0.5, 0.6) is 0 Å². The first-order valence-corrected chi connectivity index (χ1v) is 10.6. The van der Waals surface area contributed by atoms with Crippen molar-refractivity contribution in [2.24, 2.45) is 5.92 Å². The predicted molar refractivity (Wildman–Crippen MR) is 112 cm³/mol. The van der Waals surface area contributed by atoms with Crippen LogP contribution in [0.2, 0.25) is 0 Å². The van der Waals surface area contributed by atoms with E-state index in [1.807, 2.05) is 26.2 Å². The molecule has 30 heavy (non-hydrogen) atoms. The highest BCUT2D eigenvalue weighted by atomic mass is 16.5. The highest BCUT2D eigenvalue weighted by molar-refractivity contribution is 6.02. The van der Waals surface area contributed by atoms with E-state index in [9.17, 15) is 14.4 Å². The zero-order chi connectivity index (χ0) is 21.7. The monoisotopic (exact) mass is 414 g/mol. The van der Waals surface area contributed by atoms with Crippen molar-refractivity contribution in [3.8, 4) is 0 Å². The lowest BCUT2D eigenvalue weighted by atomic mass is 10.0. The van der Waals surface area contributed by atoms with Gasteiger partial charge >= 0.3 is 5.97 Å². The first-order chi connectivity index (χ1) is 14.4. The Labute approximate surface area is 176 Å². The third-order valence-corrected chi connectivity index (χ3v) is 5.66. The van der Waals surface area contributed by atoms with Crippen LogP contribution in [0.25, 0.3) is 5.65 Å². The van der Waals surface area contributed by atoms with Gasteiger partial charge in [-0.05, 0) is 38.3 Å². The van der Waals surface area contributed by atoms with Crippen molar-refractivity contribution in [2.45, 2.75) is 64.5 Å². The lowest BCUT2D eigenvalue weighted by molar-refractivity contribution is -0.146. The Bertz CT molecular complexity index is 923. The van der Waals surface area contributed by atoms with Crippen molar-refractivity contribution in [2.75, 3.05) is 7.11 Å². The fourth-order valence-electron chi connectivity index (χ4n) is 4.08. The van der Waals surface area contributed by atoms with Crippen molar-refractivity contribution >= 4 is 23.4 Å². The SMILES string of the molecule is CCCC[C@H](NC(=O)c1cccn2cc(C)nc12)C(=O)N[C@H]1CCC[C@H]1C(=O)OC. The number of rotatable bonds is 8. The number of hydrogen-bond acceptors (Lipinski definition) is 5. The smallest absolute Gasteiger partial charge is 0.310 e. The Balaban J connectivity index is 1.74. The van der Waals surface area contributed by atoms with Gasteiger partial charge in [-0.1, -0.05) is 26.2 Å². The average molecular weight is 415 g/mol. The van der Waals surface area contributed by atoms with Crippen molar-refractivity contribution in [1.82, 2.24) is 20.0 Å². The number of nitrogens with zero attached hydrogens (tertiary/aromatic N) is 2. The molecule has 1 saturated carbocycles. The summed E-state index contributed by atoms with van der Waals surface area (Å²) in [4.78, 5) is 42.4. The van der Waals surface area contributed by atoms with E-state index in [4.69, 9.17) is 4.74 Å². The number of aromatic nitrogens is 2. The number of fused-ring (bicyclic) bond motifs is 1. The highest BCUT2D eigenvalue weighted by Crippen LogP contribution is 2.27. The maximum Gasteiger partial charge on any atom is 0.310 e. The summed E-state index contributed by atoms with van der Waals surface area (Å²) in [7, 11) is 1.36. The Kier molecular flexibility index (Phi) is 7.07. The summed E-state index contributed by atoms with van der Waals surface area (Å²) in [5, 5.41) is 5.86. The van der Waals surface area contributed by atoms with E-state index in [1.165, 1.54) is 7.11 Å². The molecule has 0 aromatic carbocycles. The van der Waals surface area contributed by atoms with Crippen molar-refractivity contribution in [1.29, 1.82) is 0 Å². The number of imidazole rings is 1. The van der Waals surface area contributed by atoms with E-state index in [0.717, 1.165) is 31.4 Å². The molecule has 8 nitrogen and oxygen atoms in total. The molecular formula is C22H30N4O4. The second kappa shape index (κ2) is 9.73. The van der Waals surface area contributed by atoms with Gasteiger partial charge < -0.3 is 19.8 Å². The number of carbonyl (C=O) groups excluding carboxylic acids is 3. The molecule has 1 fully saturated rings. The highest BCUT2D eigenvalue weighted by Gasteiger charge is 2.36. The number of hydrogen-bond donors (Lipinski definition) is 2. The third kappa shape index (κ3) is 4.80. The van der Waals surface area contributed by atoms with Gasteiger partial charge in [0, 0.05) is 18.4 Å². The third-order valence-electron chi connectivity index (χ3n) is 5.66. The van der Waals surface area contributed by atoms with E-state index >= 15 is 0 Å². The molecule has 3 rings (SSSR count). The van der Waals surface area contributed by atoms with E-state index in [0.29, 0.717) is 24.1 Å². The standard InChI is InChI=1S/C22H30N4O4/c1-4-5-10-18(21(28)24-17-11-6-8-15(17)22(29)30-3)25-20(27)16-9-7-12-26-13-14(2)23-19(16)26/h7,9,12-13,15,17-18H,4-6,8,10-11H2,1-3H3,(H,24,28)(H,25,27)/t15-,17+,18+/m1/s1. The quantitative estimate of drug-likeness (QED) is 0.646. The molecule has 2 N–H and O–H groups in total. The number of pyridine rings is 1. The van der Waals surface area contributed by atoms with Gasteiger partial charge in [-0.2, -0.15) is 0 Å². The molecule has 3 atom stereocenters. The van der Waals surface area contributed by atoms with Gasteiger partial charge in [-0.25, -0.2) is 4.98 Å². The van der Waals surface area contributed by atoms with Gasteiger partial charge in [0.15, 0.2) is 0 Å². The van der Waals surface area contributed by atoms with Crippen molar-refractivity contribution in [3.63, 3.8) is 0 Å². The number of ether oxygens (including phenoxy) is 1. The molecule has 2 aromatic rings. The van der Waals surface area contributed by atoms with E-state index in [1.54, 1.807) is 16.5 Å². The molecule has 0 saturated heterocycles. The molecule has 2 amide bonds. The summed E-state index contributed by atoms with van der Waals surface area (Å²) in [6.07, 6.45) is 8.20. The fraction of sp³-hybridized carbons (Fsp3) is 0.545. The lowest BCUT2D eigenvalue weighted by Gasteiger charge is -2.24. The molecule has 162 valence electrons. The molecule has 8 heteroatoms. The fourth-order valence-corrected chi connectivity index (χ4v) is 4.08. The van der Waals surface area contributed by atoms with E-state index in [-0.39, 0.29) is 29.7 Å². The number of unbranched alkanes of at least 4 members (excludes halogenated alkanes) is 1. The van der Waals surface area contributed by atoms with Gasteiger partial charge in [0.2, 0.25) is 5.91 Å². The van der Waals surface area contributed by atoms with Crippen LogP contribution in [0, 0.1) is 12.8 Å². The molecule has 0 bridgehead atoms. The summed E-state index contributed by atoms with van der Waals surface area (Å²) in [6.45, 7) is 3.90. The van der Waals surface area contributed by atoms with Crippen molar-refractivity contribution in [3.05, 3.63) is 35.8 Å². The van der Waals surface area contributed by atoms with Gasteiger partial charge in [-0.15, -0.1) is 0 Å². The van der Waals surface area contributed by atoms with E-state index in [2.05, 4.69) is 15.6 Å². The minimum atomic E-state index is -0.673. The van der Waals surface area contributed by atoms with Crippen LogP contribution in [0.15, 0.2) is 24.5 Å². The first kappa shape index (κ1) is 21.8. The molecule has 0 unspecified atom stereocenters. The summed E-state index contributed by atoms with van der Waals surface area (Å²) in [6, 6.07) is 2.55. The Hall–Kier alpha value is -2.90. The van der Waals surface area contributed by atoms with Crippen LogP contribution in [0.3, 0.4) is 0 Å². The second-order valence-corrected chi connectivity index (χ2v) is 7.88. The van der Waals surface area contributed by atoms with Gasteiger partial charge in [0.05, 0.1) is 24.3 Å². The van der Waals surface area contributed by atoms with Crippen LogP contribution < -0.4 is 10.6 Å². The summed E-state index contributed by atoms with van der Waals surface area (Å²) in [5.74, 6) is -1.22. The topological polar surface area (TPSA) is 102 Å². The van der Waals surface area contributed by atoms with Gasteiger partial charge in [0.25, 0.3) is 5.91 Å². The number of aryl methyl sites for hydroxylation is 1. The maximum atomic E-state index is 13.0. The van der Waals surface area contributed by atoms with E-state index < -0.39 is 6.04 Å². The molecule has 0 aliphatic heterocycles. The predicted octanol–water partition coefficient (Wildman–Crippen LogP) is 2.39. The molecular weight excluding hydrogens is 384 g/mol. The zero-order valence-electron chi connectivity index (χ0n) is 17.8. The van der Waals surface area contributed by atoms with Crippen LogP contribution in [0.4, 0.5) is 0 Å². The largest absolute Gasteiger partial charge is 0.469 e. The lowest BCUT2D eigenvalue weighted by Crippen LogP contribution is -2.51. The minimum Gasteiger partial charge on any atom is -0.469 e. The molecule has 1 aliphatic carbocycles. The summed E-state index contributed by atoms with van der Waals surface area (Å²) < 4.78 is 6.66. The average Bonchev–Trinajstić information content (AvgIpc) is 3.35. The Morgan fingerprint density at radius 3 is 2.87 bits per heavy atom. The summed E-state index contributed by atoms with van der Waals surface area (Å²) in [5.41, 5.74) is 1.79. The number of amides is 2. The first-order valence-electron chi connectivity index (χ1n) is 10.6. The minimum absolute atomic E-state index is 0.260. The number of carbonyl (C=O) groups is 3. The summed E-state index contributed by atoms with van der Waals surface area (Å²) >= 11 is 0. The maximum absolute atomic E-state index is 13.0. The van der Waals surface area contributed by atoms with Crippen LogP contribution >= 0.6 is 0 Å². The van der Waals surface area contributed by atoms with Crippen molar-refractivity contribution < 1.29 is 19.1 Å². The van der Waals surface area contributed by atoms with Crippen LogP contribution in [-0.2, 0) is 14.3 Å². The number of esters is 1. The zero-order valence-corrected chi connectivity index (χ0v) is 17.8.